The molecule has 0 aliphatic carbocycles. The van der Waals surface area contributed by atoms with Crippen molar-refractivity contribution in [3.8, 4) is 17.6 Å². The van der Waals surface area contributed by atoms with Crippen LogP contribution in [0.15, 0.2) is 48.5 Å². The molecule has 1 amide bonds. The van der Waals surface area contributed by atoms with E-state index in [1.54, 1.807) is 38.3 Å². The summed E-state index contributed by atoms with van der Waals surface area (Å²) in [6, 6.07) is 16.2. The molecule has 1 unspecified atom stereocenters. The molecule has 1 atom stereocenters. The first-order chi connectivity index (χ1) is 11.1. The maximum absolute atomic E-state index is 12.1. The van der Waals surface area contributed by atoms with E-state index >= 15 is 0 Å². The molecule has 0 spiro atoms. The van der Waals surface area contributed by atoms with E-state index in [1.807, 2.05) is 30.3 Å². The fraction of sp³-hybridized carbons (Fsp3) is 0.222. The summed E-state index contributed by atoms with van der Waals surface area (Å²) in [6.07, 6.45) is -0.624. The Hall–Kier alpha value is -3.00. The average Bonchev–Trinajstić information content (AvgIpc) is 2.60. The molecule has 23 heavy (non-hydrogen) atoms. The lowest BCUT2D eigenvalue weighted by atomic mass is 10.2. The van der Waals surface area contributed by atoms with Crippen molar-refractivity contribution in [1.29, 1.82) is 5.26 Å². The zero-order valence-electron chi connectivity index (χ0n) is 13.1. The van der Waals surface area contributed by atoms with Crippen molar-refractivity contribution >= 4 is 5.91 Å². The first-order valence-electron chi connectivity index (χ1n) is 7.20. The molecule has 0 aliphatic heterocycles. The molecule has 5 heteroatoms. The van der Waals surface area contributed by atoms with Crippen LogP contribution in [-0.2, 0) is 11.3 Å². The summed E-state index contributed by atoms with van der Waals surface area (Å²) >= 11 is 0. The summed E-state index contributed by atoms with van der Waals surface area (Å²) < 4.78 is 10.6. The van der Waals surface area contributed by atoms with Crippen LogP contribution in [0.3, 0.4) is 0 Å². The number of hydrogen-bond donors (Lipinski definition) is 1. The van der Waals surface area contributed by atoms with Crippen molar-refractivity contribution in [2.24, 2.45) is 0 Å². The van der Waals surface area contributed by atoms with Gasteiger partial charge in [-0.1, -0.05) is 12.1 Å². The number of nitriles is 1. The lowest BCUT2D eigenvalue weighted by Gasteiger charge is -2.15. The van der Waals surface area contributed by atoms with Crippen LogP contribution in [0.2, 0.25) is 0 Å². The maximum atomic E-state index is 12.1. The number of rotatable bonds is 6. The van der Waals surface area contributed by atoms with Gasteiger partial charge in [0, 0.05) is 6.54 Å². The van der Waals surface area contributed by atoms with Crippen LogP contribution in [-0.4, -0.2) is 19.1 Å². The van der Waals surface area contributed by atoms with Gasteiger partial charge < -0.3 is 14.8 Å². The molecule has 0 aromatic heterocycles. The quantitative estimate of drug-likeness (QED) is 0.890. The van der Waals surface area contributed by atoms with Crippen LogP contribution in [0.4, 0.5) is 0 Å². The van der Waals surface area contributed by atoms with Gasteiger partial charge in [0.2, 0.25) is 0 Å². The number of nitrogens with zero attached hydrogens (tertiary/aromatic N) is 1. The second kappa shape index (κ2) is 7.85. The van der Waals surface area contributed by atoms with Gasteiger partial charge >= 0.3 is 0 Å². The Kier molecular flexibility index (Phi) is 5.59. The zero-order chi connectivity index (χ0) is 16.7. The highest BCUT2D eigenvalue weighted by atomic mass is 16.5. The van der Waals surface area contributed by atoms with Crippen LogP contribution in [0.25, 0.3) is 0 Å². The van der Waals surface area contributed by atoms with Gasteiger partial charge in [-0.3, -0.25) is 4.79 Å². The lowest BCUT2D eigenvalue weighted by Crippen LogP contribution is -2.35. The molecule has 0 aliphatic rings. The Balaban J connectivity index is 1.85. The fourth-order valence-corrected chi connectivity index (χ4v) is 1.94. The molecule has 0 saturated carbocycles. The van der Waals surface area contributed by atoms with E-state index in [9.17, 15) is 4.79 Å². The number of carbonyl (C=O) groups is 1. The normalized spacial score (nSPS) is 11.2. The fourth-order valence-electron chi connectivity index (χ4n) is 1.94. The number of nitrogens with one attached hydrogen (secondary N) is 1. The third-order valence-corrected chi connectivity index (χ3v) is 3.29. The minimum absolute atomic E-state index is 0.204. The molecule has 1 N–H and O–H groups in total. The Morgan fingerprint density at radius 3 is 2.30 bits per heavy atom. The van der Waals surface area contributed by atoms with Gasteiger partial charge in [0.1, 0.15) is 11.5 Å². The van der Waals surface area contributed by atoms with E-state index in [4.69, 9.17) is 14.7 Å². The summed E-state index contributed by atoms with van der Waals surface area (Å²) in [7, 11) is 1.61. The Morgan fingerprint density at radius 1 is 1.13 bits per heavy atom. The van der Waals surface area contributed by atoms with Crippen LogP contribution in [0, 0.1) is 11.3 Å². The van der Waals surface area contributed by atoms with Crippen molar-refractivity contribution in [1.82, 2.24) is 5.32 Å². The van der Waals surface area contributed by atoms with Gasteiger partial charge in [-0.05, 0) is 48.9 Å². The van der Waals surface area contributed by atoms with Crippen molar-refractivity contribution in [3.63, 3.8) is 0 Å². The number of hydrogen-bond acceptors (Lipinski definition) is 4. The number of benzene rings is 2. The Bertz CT molecular complexity index is 688. The van der Waals surface area contributed by atoms with Crippen LogP contribution in [0.1, 0.15) is 18.1 Å². The SMILES string of the molecule is COc1ccc(CNC(=O)C(C)Oc2ccc(C#N)cc2)cc1. The van der Waals surface area contributed by atoms with Gasteiger partial charge in [-0.2, -0.15) is 5.26 Å². The summed E-state index contributed by atoms with van der Waals surface area (Å²) in [6.45, 7) is 2.10. The highest BCUT2D eigenvalue weighted by Crippen LogP contribution is 2.14. The predicted octanol–water partition coefficient (Wildman–Crippen LogP) is 2.65. The first kappa shape index (κ1) is 16.4. The van der Waals surface area contributed by atoms with E-state index in [-0.39, 0.29) is 5.91 Å². The van der Waals surface area contributed by atoms with Crippen LogP contribution < -0.4 is 14.8 Å². The Labute approximate surface area is 135 Å². The van der Waals surface area contributed by atoms with Crippen LogP contribution >= 0.6 is 0 Å². The number of ether oxygens (including phenoxy) is 2. The van der Waals surface area contributed by atoms with Crippen LogP contribution in [0.5, 0.6) is 11.5 Å². The second-order valence-electron chi connectivity index (χ2n) is 4.96. The molecule has 118 valence electrons. The first-order valence-corrected chi connectivity index (χ1v) is 7.20. The van der Waals surface area contributed by atoms with Gasteiger partial charge in [0.25, 0.3) is 5.91 Å². The van der Waals surface area contributed by atoms with E-state index in [1.165, 1.54) is 0 Å². The summed E-state index contributed by atoms with van der Waals surface area (Å²) in [4.78, 5) is 12.1. The topological polar surface area (TPSA) is 71.3 Å². The van der Waals surface area contributed by atoms with Crippen molar-refractivity contribution in [2.45, 2.75) is 19.6 Å². The number of methoxy groups -OCH3 is 1. The second-order valence-corrected chi connectivity index (χ2v) is 4.96. The minimum Gasteiger partial charge on any atom is -0.497 e. The van der Waals surface area contributed by atoms with Crippen molar-refractivity contribution < 1.29 is 14.3 Å². The number of amides is 1. The lowest BCUT2D eigenvalue weighted by molar-refractivity contribution is -0.127. The number of carbonyl (C=O) groups excluding carboxylic acids is 1. The monoisotopic (exact) mass is 310 g/mol. The molecular weight excluding hydrogens is 292 g/mol. The molecule has 2 aromatic rings. The average molecular weight is 310 g/mol. The standard InChI is InChI=1S/C18H18N2O3/c1-13(23-17-9-3-14(11-19)4-10-17)18(21)20-12-15-5-7-16(22-2)8-6-15/h3-10,13H,12H2,1-2H3,(H,20,21). The van der Waals surface area contributed by atoms with Crippen molar-refractivity contribution in [2.75, 3.05) is 7.11 Å². The largest absolute Gasteiger partial charge is 0.497 e. The molecule has 2 aromatic carbocycles. The summed E-state index contributed by atoms with van der Waals surface area (Å²) in [5.41, 5.74) is 1.53. The van der Waals surface area contributed by atoms with E-state index < -0.39 is 6.10 Å². The highest BCUT2D eigenvalue weighted by molar-refractivity contribution is 5.80. The van der Waals surface area contributed by atoms with E-state index in [0.717, 1.165) is 11.3 Å². The van der Waals surface area contributed by atoms with E-state index in [0.29, 0.717) is 17.9 Å². The third kappa shape index (κ3) is 4.75. The zero-order valence-corrected chi connectivity index (χ0v) is 13.1. The Morgan fingerprint density at radius 2 is 1.74 bits per heavy atom. The summed E-state index contributed by atoms with van der Waals surface area (Å²) in [5, 5.41) is 11.6. The van der Waals surface area contributed by atoms with E-state index in [2.05, 4.69) is 5.32 Å². The molecule has 0 heterocycles. The maximum Gasteiger partial charge on any atom is 0.261 e. The molecule has 5 nitrogen and oxygen atoms in total. The molecule has 0 radical (unpaired) electrons. The highest BCUT2D eigenvalue weighted by Gasteiger charge is 2.14. The van der Waals surface area contributed by atoms with Gasteiger partial charge in [0.05, 0.1) is 18.7 Å². The van der Waals surface area contributed by atoms with Gasteiger partial charge in [0.15, 0.2) is 6.10 Å². The molecule has 2 rings (SSSR count). The summed E-state index contributed by atoms with van der Waals surface area (Å²) in [5.74, 6) is 1.12. The predicted molar refractivity (Wildman–Crippen MR) is 86.1 cm³/mol. The molecule has 0 saturated heterocycles. The smallest absolute Gasteiger partial charge is 0.261 e. The molecule has 0 bridgehead atoms. The van der Waals surface area contributed by atoms with Gasteiger partial charge in [-0.15, -0.1) is 0 Å². The third-order valence-electron chi connectivity index (χ3n) is 3.29. The van der Waals surface area contributed by atoms with Crippen molar-refractivity contribution in [3.05, 3.63) is 59.7 Å². The van der Waals surface area contributed by atoms with Gasteiger partial charge in [-0.25, -0.2) is 0 Å². The molecular formula is C18H18N2O3. The molecule has 0 fully saturated rings. The minimum atomic E-state index is -0.624.